The predicted molar refractivity (Wildman–Crippen MR) is 94.6 cm³/mol. The molecule has 3 rings (SSSR count). The fraction of sp³-hybridized carbons (Fsp3) is 0.300. The number of carboxylic acid groups (broad SMARTS) is 1. The van der Waals surface area contributed by atoms with Crippen LogP contribution in [0.15, 0.2) is 36.4 Å². The largest absolute Gasteiger partial charge is 0.497 e. The number of ether oxygens (including phenoxy) is 1. The van der Waals surface area contributed by atoms with Crippen molar-refractivity contribution in [3.63, 3.8) is 0 Å². The number of methoxy groups -OCH3 is 1. The van der Waals surface area contributed by atoms with Gasteiger partial charge in [0, 0.05) is 24.7 Å². The highest BCUT2D eigenvalue weighted by molar-refractivity contribution is 5.95. The van der Waals surface area contributed by atoms with Crippen LogP contribution in [0.25, 0.3) is 11.1 Å². The number of likely N-dealkylation sites (tertiary alicyclic amines) is 1. The number of hydrogen-bond acceptors (Lipinski definition) is 3. The zero-order chi connectivity index (χ0) is 19.6. The molecule has 0 saturated carbocycles. The molecule has 142 valence electrons. The Bertz CT molecular complexity index is 884. The molecule has 1 aliphatic rings. The van der Waals surface area contributed by atoms with Crippen molar-refractivity contribution in [3.05, 3.63) is 53.6 Å². The Balaban J connectivity index is 1.84. The molecule has 1 aliphatic heterocycles. The van der Waals surface area contributed by atoms with E-state index in [4.69, 9.17) is 9.84 Å². The van der Waals surface area contributed by atoms with Crippen molar-refractivity contribution >= 4 is 11.9 Å². The van der Waals surface area contributed by atoms with E-state index >= 15 is 0 Å². The molecule has 1 atom stereocenters. The SMILES string of the molecule is COc1ccc(-c2ccc(C(=O)N3CCC[C@H](C(=O)O)C3)c(F)c2)c(F)c1. The van der Waals surface area contributed by atoms with Crippen LogP contribution >= 0.6 is 0 Å². The Morgan fingerprint density at radius 1 is 1.15 bits per heavy atom. The molecular weight excluding hydrogens is 356 g/mol. The van der Waals surface area contributed by atoms with Crippen LogP contribution in [0.2, 0.25) is 0 Å². The lowest BCUT2D eigenvalue weighted by atomic mass is 9.97. The van der Waals surface area contributed by atoms with Crippen molar-refractivity contribution in [3.8, 4) is 16.9 Å². The molecule has 1 heterocycles. The van der Waals surface area contributed by atoms with E-state index in [0.717, 1.165) is 6.07 Å². The molecule has 0 bridgehead atoms. The predicted octanol–water partition coefficient (Wildman–Crippen LogP) is 3.58. The lowest BCUT2D eigenvalue weighted by Gasteiger charge is -2.30. The lowest BCUT2D eigenvalue weighted by Crippen LogP contribution is -2.42. The van der Waals surface area contributed by atoms with Gasteiger partial charge in [0.1, 0.15) is 17.4 Å². The van der Waals surface area contributed by atoms with Crippen LogP contribution in [0.4, 0.5) is 8.78 Å². The summed E-state index contributed by atoms with van der Waals surface area (Å²) in [6.45, 7) is 0.444. The highest BCUT2D eigenvalue weighted by Gasteiger charge is 2.29. The number of aliphatic carboxylic acids is 1. The van der Waals surface area contributed by atoms with Gasteiger partial charge < -0.3 is 14.7 Å². The summed E-state index contributed by atoms with van der Waals surface area (Å²) in [5, 5.41) is 9.13. The van der Waals surface area contributed by atoms with Gasteiger partial charge in [-0.1, -0.05) is 6.07 Å². The van der Waals surface area contributed by atoms with E-state index in [1.54, 1.807) is 6.07 Å². The van der Waals surface area contributed by atoms with Gasteiger partial charge in [-0.05, 0) is 42.7 Å². The third kappa shape index (κ3) is 3.92. The summed E-state index contributed by atoms with van der Waals surface area (Å²) in [6, 6.07) is 8.13. The highest BCUT2D eigenvalue weighted by atomic mass is 19.1. The standard InChI is InChI=1S/C20H19F2NO4/c1-27-14-5-7-15(18(22)10-14)12-4-6-16(17(21)9-12)19(24)23-8-2-3-13(11-23)20(25)26/h4-7,9-10,13H,2-3,8,11H2,1H3,(H,25,26)/t13-/m0/s1. The van der Waals surface area contributed by atoms with E-state index in [1.807, 2.05) is 0 Å². The van der Waals surface area contributed by atoms with Crippen LogP contribution in [0.3, 0.4) is 0 Å². The Hall–Kier alpha value is -2.96. The monoisotopic (exact) mass is 375 g/mol. The topological polar surface area (TPSA) is 66.8 Å². The van der Waals surface area contributed by atoms with E-state index < -0.39 is 29.4 Å². The summed E-state index contributed by atoms with van der Waals surface area (Å²) >= 11 is 0. The summed E-state index contributed by atoms with van der Waals surface area (Å²) in [5.41, 5.74) is 0.336. The summed E-state index contributed by atoms with van der Waals surface area (Å²) in [5.74, 6) is -3.14. The average Bonchev–Trinajstić information content (AvgIpc) is 2.67. The lowest BCUT2D eigenvalue weighted by molar-refractivity contribution is -0.143. The number of nitrogens with zero attached hydrogens (tertiary/aromatic N) is 1. The molecule has 1 fully saturated rings. The third-order valence-corrected chi connectivity index (χ3v) is 4.74. The molecule has 27 heavy (non-hydrogen) atoms. The molecule has 0 spiro atoms. The Morgan fingerprint density at radius 3 is 2.56 bits per heavy atom. The number of piperidine rings is 1. The number of carbonyl (C=O) groups excluding carboxylic acids is 1. The highest BCUT2D eigenvalue weighted by Crippen LogP contribution is 2.28. The first-order valence-electron chi connectivity index (χ1n) is 8.56. The molecule has 0 aliphatic carbocycles. The minimum Gasteiger partial charge on any atom is -0.497 e. The van der Waals surface area contributed by atoms with Gasteiger partial charge >= 0.3 is 5.97 Å². The molecule has 1 N–H and O–H groups in total. The maximum atomic E-state index is 14.6. The normalized spacial score (nSPS) is 16.9. The van der Waals surface area contributed by atoms with E-state index in [2.05, 4.69) is 0 Å². The van der Waals surface area contributed by atoms with Crippen molar-refractivity contribution in [2.45, 2.75) is 12.8 Å². The summed E-state index contributed by atoms with van der Waals surface area (Å²) in [7, 11) is 1.42. The van der Waals surface area contributed by atoms with Crippen molar-refractivity contribution in [2.75, 3.05) is 20.2 Å². The zero-order valence-corrected chi connectivity index (χ0v) is 14.7. The summed E-state index contributed by atoms with van der Waals surface area (Å²) in [6.07, 6.45) is 1.05. The first-order chi connectivity index (χ1) is 12.9. The van der Waals surface area contributed by atoms with Crippen LogP contribution in [-0.4, -0.2) is 42.1 Å². The van der Waals surface area contributed by atoms with Crippen LogP contribution in [0.5, 0.6) is 5.75 Å². The maximum absolute atomic E-state index is 14.6. The number of carbonyl (C=O) groups is 2. The first-order valence-corrected chi connectivity index (χ1v) is 8.56. The third-order valence-electron chi connectivity index (χ3n) is 4.74. The molecule has 0 unspecified atom stereocenters. The van der Waals surface area contributed by atoms with Crippen molar-refractivity contribution in [1.82, 2.24) is 4.90 Å². The number of halogens is 2. The molecule has 2 aromatic carbocycles. The van der Waals surface area contributed by atoms with Crippen molar-refractivity contribution < 1.29 is 28.2 Å². The zero-order valence-electron chi connectivity index (χ0n) is 14.7. The summed E-state index contributed by atoms with van der Waals surface area (Å²) in [4.78, 5) is 25.1. The van der Waals surface area contributed by atoms with Crippen LogP contribution in [0, 0.1) is 17.6 Å². The van der Waals surface area contributed by atoms with E-state index in [-0.39, 0.29) is 17.7 Å². The maximum Gasteiger partial charge on any atom is 0.308 e. The minimum absolute atomic E-state index is 0.0580. The van der Waals surface area contributed by atoms with Gasteiger partial charge in [0.15, 0.2) is 0 Å². The van der Waals surface area contributed by atoms with Crippen molar-refractivity contribution in [2.24, 2.45) is 5.92 Å². The fourth-order valence-electron chi connectivity index (χ4n) is 3.25. The molecule has 0 radical (unpaired) electrons. The second-order valence-electron chi connectivity index (χ2n) is 6.47. The van der Waals surface area contributed by atoms with Crippen LogP contribution < -0.4 is 4.74 Å². The molecule has 1 amide bonds. The van der Waals surface area contributed by atoms with E-state index in [1.165, 1.54) is 36.3 Å². The quantitative estimate of drug-likeness (QED) is 0.887. The van der Waals surface area contributed by atoms with E-state index in [9.17, 15) is 18.4 Å². The van der Waals surface area contributed by atoms with Crippen LogP contribution in [-0.2, 0) is 4.79 Å². The Kier molecular flexibility index (Phi) is 5.39. The number of benzene rings is 2. The Labute approximate surface area is 155 Å². The van der Waals surface area contributed by atoms with Crippen LogP contribution in [0.1, 0.15) is 23.2 Å². The Morgan fingerprint density at radius 2 is 1.93 bits per heavy atom. The van der Waals surface area contributed by atoms with Gasteiger partial charge in [0.25, 0.3) is 5.91 Å². The van der Waals surface area contributed by atoms with Gasteiger partial charge in [-0.2, -0.15) is 0 Å². The molecule has 5 nitrogen and oxygen atoms in total. The molecule has 0 aromatic heterocycles. The number of amides is 1. The fourth-order valence-corrected chi connectivity index (χ4v) is 3.25. The van der Waals surface area contributed by atoms with E-state index in [0.29, 0.717) is 30.7 Å². The molecule has 2 aromatic rings. The number of hydrogen-bond donors (Lipinski definition) is 1. The molecule has 1 saturated heterocycles. The van der Waals surface area contributed by atoms with Gasteiger partial charge in [-0.3, -0.25) is 9.59 Å². The minimum atomic E-state index is -0.960. The second kappa shape index (κ2) is 7.73. The molecular formula is C20H19F2NO4. The number of carboxylic acids is 1. The first kappa shape index (κ1) is 18.8. The smallest absolute Gasteiger partial charge is 0.308 e. The van der Waals surface area contributed by atoms with Gasteiger partial charge in [-0.25, -0.2) is 8.78 Å². The van der Waals surface area contributed by atoms with Gasteiger partial charge in [0.2, 0.25) is 0 Å². The average molecular weight is 375 g/mol. The molecule has 7 heteroatoms. The summed E-state index contributed by atoms with van der Waals surface area (Å²) < 4.78 is 33.7. The number of rotatable bonds is 4. The van der Waals surface area contributed by atoms with Crippen molar-refractivity contribution in [1.29, 1.82) is 0 Å². The van der Waals surface area contributed by atoms with Gasteiger partial charge in [0.05, 0.1) is 18.6 Å². The second-order valence-corrected chi connectivity index (χ2v) is 6.47. The van der Waals surface area contributed by atoms with Gasteiger partial charge in [-0.15, -0.1) is 0 Å².